The highest BCUT2D eigenvalue weighted by molar-refractivity contribution is 5.75. The monoisotopic (exact) mass is 207 g/mol. The summed E-state index contributed by atoms with van der Waals surface area (Å²) in [5.74, 6) is 0. The molecule has 0 spiro atoms. The molecule has 0 bridgehead atoms. The third-order valence-corrected chi connectivity index (χ3v) is 2.09. The quantitative estimate of drug-likeness (QED) is 0.318. The fourth-order valence-electron chi connectivity index (χ4n) is 1.37. The van der Waals surface area contributed by atoms with Crippen LogP contribution in [0, 0.1) is 5.21 Å². The fraction of sp³-hybridized carbons (Fsp3) is 0.364. The van der Waals surface area contributed by atoms with Crippen LogP contribution in [-0.4, -0.2) is 30.6 Å². The molecular weight excluding hydrogens is 194 g/mol. The Labute approximate surface area is 88.3 Å². The van der Waals surface area contributed by atoms with Crippen LogP contribution in [0.15, 0.2) is 30.3 Å². The first kappa shape index (κ1) is 10.1. The van der Waals surface area contributed by atoms with Gasteiger partial charge in [-0.1, -0.05) is 18.2 Å². The summed E-state index contributed by atoms with van der Waals surface area (Å²) in [4.78, 5) is 0. The Balaban J connectivity index is 2.06. The molecule has 1 aliphatic heterocycles. The van der Waals surface area contributed by atoms with Crippen molar-refractivity contribution < 1.29 is 14.2 Å². The van der Waals surface area contributed by atoms with Gasteiger partial charge in [-0.25, -0.2) is 0 Å². The Morgan fingerprint density at radius 2 is 1.87 bits per heavy atom. The third-order valence-electron chi connectivity index (χ3n) is 2.09. The lowest BCUT2D eigenvalue weighted by atomic mass is 10.2. The largest absolute Gasteiger partial charge is 0.620 e. The molecule has 0 aromatic heterocycles. The van der Waals surface area contributed by atoms with Crippen LogP contribution >= 0.6 is 0 Å². The molecule has 0 atom stereocenters. The molecule has 80 valence electrons. The van der Waals surface area contributed by atoms with E-state index in [2.05, 4.69) is 0 Å². The standard InChI is InChI=1S/C11H13NO3/c13-12(11-14-7-4-8-15-11)9-10-5-2-1-3-6-10/h1-3,5-6,9,11H,4,7-8H2. The van der Waals surface area contributed by atoms with Crippen molar-refractivity contribution in [2.45, 2.75) is 12.8 Å². The van der Waals surface area contributed by atoms with Crippen molar-refractivity contribution in [3.63, 3.8) is 0 Å². The number of benzene rings is 1. The van der Waals surface area contributed by atoms with Crippen LogP contribution in [-0.2, 0) is 9.47 Å². The average Bonchev–Trinajstić information content (AvgIpc) is 2.31. The van der Waals surface area contributed by atoms with E-state index in [4.69, 9.17) is 9.47 Å². The molecule has 0 saturated carbocycles. The van der Waals surface area contributed by atoms with Gasteiger partial charge in [-0.05, 0) is 18.6 Å². The second-order valence-corrected chi connectivity index (χ2v) is 3.30. The molecule has 15 heavy (non-hydrogen) atoms. The van der Waals surface area contributed by atoms with E-state index in [1.54, 1.807) is 0 Å². The number of ether oxygens (including phenoxy) is 2. The molecule has 1 fully saturated rings. The summed E-state index contributed by atoms with van der Waals surface area (Å²) in [6.07, 6.45) is 1.52. The van der Waals surface area contributed by atoms with Gasteiger partial charge in [-0.3, -0.25) is 9.47 Å². The van der Waals surface area contributed by atoms with E-state index in [0.717, 1.165) is 12.0 Å². The average molecular weight is 207 g/mol. The van der Waals surface area contributed by atoms with Crippen LogP contribution in [0.25, 0.3) is 0 Å². The van der Waals surface area contributed by atoms with Gasteiger partial charge in [0.05, 0.1) is 13.2 Å². The van der Waals surface area contributed by atoms with Crippen molar-refractivity contribution in [3.05, 3.63) is 41.1 Å². The minimum absolute atomic E-state index is 0.575. The number of nitrogens with zero attached hydrogens (tertiary/aromatic N) is 1. The van der Waals surface area contributed by atoms with Crippen molar-refractivity contribution in [1.82, 2.24) is 0 Å². The van der Waals surface area contributed by atoms with Crippen molar-refractivity contribution >= 4 is 6.21 Å². The lowest BCUT2D eigenvalue weighted by Crippen LogP contribution is -2.33. The zero-order chi connectivity index (χ0) is 10.5. The summed E-state index contributed by atoms with van der Waals surface area (Å²) in [6, 6.07) is 9.37. The van der Waals surface area contributed by atoms with Crippen molar-refractivity contribution in [2.75, 3.05) is 13.2 Å². The summed E-state index contributed by atoms with van der Waals surface area (Å²) < 4.78 is 11.0. The molecule has 1 heterocycles. The maximum atomic E-state index is 11.6. The second-order valence-electron chi connectivity index (χ2n) is 3.30. The Hall–Kier alpha value is -1.39. The summed E-state index contributed by atoms with van der Waals surface area (Å²) >= 11 is 0. The minimum atomic E-state index is -0.793. The van der Waals surface area contributed by atoms with Gasteiger partial charge in [0.15, 0.2) is 6.21 Å². The first-order chi connectivity index (χ1) is 7.36. The smallest absolute Gasteiger partial charge is 0.386 e. The van der Waals surface area contributed by atoms with Gasteiger partial charge in [0, 0.05) is 5.56 Å². The summed E-state index contributed by atoms with van der Waals surface area (Å²) in [5.41, 5.74) is 0.838. The van der Waals surface area contributed by atoms with Gasteiger partial charge in [0.2, 0.25) is 0 Å². The minimum Gasteiger partial charge on any atom is -0.620 e. The maximum absolute atomic E-state index is 11.6. The Morgan fingerprint density at radius 1 is 1.20 bits per heavy atom. The SMILES string of the molecule is [O-][N+](=Cc1ccccc1)C1OCCCO1. The highest BCUT2D eigenvalue weighted by atomic mass is 16.7. The molecule has 0 N–H and O–H groups in total. The third kappa shape index (κ3) is 2.78. The van der Waals surface area contributed by atoms with Crippen LogP contribution in [0.1, 0.15) is 12.0 Å². The predicted molar refractivity (Wildman–Crippen MR) is 55.5 cm³/mol. The van der Waals surface area contributed by atoms with E-state index < -0.39 is 6.41 Å². The Bertz CT molecular complexity index is 331. The van der Waals surface area contributed by atoms with Crippen LogP contribution < -0.4 is 0 Å². The molecule has 0 aliphatic carbocycles. The van der Waals surface area contributed by atoms with Crippen molar-refractivity contribution in [2.24, 2.45) is 0 Å². The molecular formula is C11H13NO3. The van der Waals surface area contributed by atoms with Crippen LogP contribution in [0.4, 0.5) is 0 Å². The molecule has 2 rings (SSSR count). The first-order valence-electron chi connectivity index (χ1n) is 4.95. The van der Waals surface area contributed by atoms with E-state index in [-0.39, 0.29) is 0 Å². The van der Waals surface area contributed by atoms with Gasteiger partial charge in [0.1, 0.15) is 0 Å². The van der Waals surface area contributed by atoms with Gasteiger partial charge in [0.25, 0.3) is 0 Å². The van der Waals surface area contributed by atoms with E-state index in [1.165, 1.54) is 6.21 Å². The molecule has 0 unspecified atom stereocenters. The van der Waals surface area contributed by atoms with Gasteiger partial charge >= 0.3 is 6.41 Å². The second kappa shape index (κ2) is 4.91. The summed E-state index contributed by atoms with van der Waals surface area (Å²) in [5, 5.41) is 11.6. The topological polar surface area (TPSA) is 44.5 Å². The number of hydroxylamine groups is 1. The van der Waals surface area contributed by atoms with Gasteiger partial charge in [-0.2, -0.15) is 4.74 Å². The first-order valence-corrected chi connectivity index (χ1v) is 4.95. The van der Waals surface area contributed by atoms with E-state index >= 15 is 0 Å². The Morgan fingerprint density at radius 3 is 2.53 bits per heavy atom. The number of rotatable bonds is 2. The molecule has 1 saturated heterocycles. The highest BCUT2D eigenvalue weighted by Crippen LogP contribution is 2.05. The van der Waals surface area contributed by atoms with Crippen molar-refractivity contribution in [1.29, 1.82) is 0 Å². The predicted octanol–water partition coefficient (Wildman–Crippen LogP) is 1.34. The lowest BCUT2D eigenvalue weighted by Gasteiger charge is -2.21. The molecule has 1 aliphatic rings. The van der Waals surface area contributed by atoms with E-state index in [0.29, 0.717) is 18.0 Å². The zero-order valence-electron chi connectivity index (χ0n) is 8.33. The summed E-state index contributed by atoms with van der Waals surface area (Å²) in [6.45, 7) is 1.15. The fourth-order valence-corrected chi connectivity index (χ4v) is 1.37. The summed E-state index contributed by atoms with van der Waals surface area (Å²) in [7, 11) is 0. The van der Waals surface area contributed by atoms with E-state index in [9.17, 15) is 5.21 Å². The zero-order valence-corrected chi connectivity index (χ0v) is 8.33. The molecule has 0 radical (unpaired) electrons. The molecule has 1 aromatic rings. The molecule has 1 aromatic carbocycles. The van der Waals surface area contributed by atoms with Crippen LogP contribution in [0.3, 0.4) is 0 Å². The van der Waals surface area contributed by atoms with Crippen LogP contribution in [0.5, 0.6) is 0 Å². The van der Waals surface area contributed by atoms with Gasteiger partial charge in [-0.15, -0.1) is 0 Å². The molecule has 4 heteroatoms. The molecule has 0 amide bonds. The molecule has 4 nitrogen and oxygen atoms in total. The highest BCUT2D eigenvalue weighted by Gasteiger charge is 2.20. The number of hydrogen-bond acceptors (Lipinski definition) is 3. The van der Waals surface area contributed by atoms with Crippen molar-refractivity contribution in [3.8, 4) is 0 Å². The Kier molecular flexibility index (Phi) is 3.32. The normalized spacial score (nSPS) is 19.1. The van der Waals surface area contributed by atoms with Crippen LogP contribution in [0.2, 0.25) is 0 Å². The van der Waals surface area contributed by atoms with Gasteiger partial charge < -0.3 is 5.21 Å². The van der Waals surface area contributed by atoms with E-state index in [1.807, 2.05) is 30.3 Å². The lowest BCUT2D eigenvalue weighted by molar-refractivity contribution is -0.620. The maximum Gasteiger partial charge on any atom is 0.386 e. The number of hydrogen-bond donors (Lipinski definition) is 0.